The molecule has 1 aromatic heterocycles. The van der Waals surface area contributed by atoms with Crippen LogP contribution in [0.3, 0.4) is 0 Å². The van der Waals surface area contributed by atoms with Gasteiger partial charge in [-0.05, 0) is 36.4 Å². The van der Waals surface area contributed by atoms with E-state index in [-0.39, 0.29) is 23.9 Å². The zero-order valence-electron chi connectivity index (χ0n) is 17.9. The topological polar surface area (TPSA) is 91.6 Å². The van der Waals surface area contributed by atoms with Crippen molar-refractivity contribution < 1.29 is 18.3 Å². The van der Waals surface area contributed by atoms with E-state index in [0.29, 0.717) is 5.69 Å². The first kappa shape index (κ1) is 22.0. The van der Waals surface area contributed by atoms with Crippen molar-refractivity contribution in [2.45, 2.75) is 24.5 Å². The number of rotatable bonds is 7. The molecule has 166 valence electrons. The molecule has 0 aliphatic carbocycles. The van der Waals surface area contributed by atoms with E-state index in [1.807, 2.05) is 53.1 Å². The lowest BCUT2D eigenvalue weighted by Gasteiger charge is -2.22. The molecule has 0 aliphatic rings. The van der Waals surface area contributed by atoms with Crippen molar-refractivity contribution in [2.75, 3.05) is 18.9 Å². The van der Waals surface area contributed by atoms with Gasteiger partial charge in [-0.3, -0.25) is 4.79 Å². The van der Waals surface area contributed by atoms with Gasteiger partial charge in [-0.25, -0.2) is 8.42 Å². The Kier molecular flexibility index (Phi) is 6.01. The minimum atomic E-state index is -3.79. The number of para-hydroxylation sites is 2. The number of carbonyl (C=O) groups excluding carboxylic acids is 1. The molecular weight excluding hydrogens is 426 g/mol. The highest BCUT2D eigenvalue weighted by molar-refractivity contribution is 7.89. The molecular formula is C24H25N3O4S. The molecule has 0 saturated carbocycles. The van der Waals surface area contributed by atoms with Crippen LogP contribution in [0.4, 0.5) is 5.69 Å². The van der Waals surface area contributed by atoms with Crippen LogP contribution >= 0.6 is 0 Å². The van der Waals surface area contributed by atoms with Gasteiger partial charge in [-0.2, -0.15) is 4.31 Å². The van der Waals surface area contributed by atoms with Gasteiger partial charge in [-0.1, -0.05) is 36.4 Å². The van der Waals surface area contributed by atoms with E-state index in [0.717, 1.165) is 26.1 Å². The molecule has 1 amide bonds. The number of hydrogen-bond donors (Lipinski definition) is 2. The first-order chi connectivity index (χ1) is 15.3. The summed E-state index contributed by atoms with van der Waals surface area (Å²) in [5.74, 6) is -0.231. The Morgan fingerprint density at radius 3 is 2.03 bits per heavy atom. The fourth-order valence-corrected chi connectivity index (χ4v) is 5.17. The third-order valence-electron chi connectivity index (χ3n) is 5.42. The average Bonchev–Trinajstić information content (AvgIpc) is 3.07. The number of nitrogens with one attached hydrogen (secondary N) is 1. The van der Waals surface area contributed by atoms with Crippen molar-refractivity contribution in [3.8, 4) is 0 Å². The molecule has 4 aromatic rings. The van der Waals surface area contributed by atoms with Crippen molar-refractivity contribution in [2.24, 2.45) is 0 Å². The van der Waals surface area contributed by atoms with Crippen LogP contribution in [0.5, 0.6) is 0 Å². The Morgan fingerprint density at radius 1 is 0.969 bits per heavy atom. The average molecular weight is 452 g/mol. The van der Waals surface area contributed by atoms with Gasteiger partial charge < -0.3 is 15.0 Å². The number of likely N-dealkylation sites (N-methyl/N-ethyl adjacent to an activating group) is 1. The molecule has 2 N–H and O–H groups in total. The monoisotopic (exact) mass is 451 g/mol. The highest BCUT2D eigenvalue weighted by Gasteiger charge is 2.24. The number of benzene rings is 3. The van der Waals surface area contributed by atoms with Gasteiger partial charge in [0.1, 0.15) is 0 Å². The number of aliphatic hydroxyl groups excluding tert-OH is 1. The summed E-state index contributed by atoms with van der Waals surface area (Å²) in [4.78, 5) is 11.2. The van der Waals surface area contributed by atoms with Crippen molar-refractivity contribution in [3.05, 3.63) is 72.8 Å². The SMILES string of the molecule is CC(=O)Nc1ccc(S(=O)(=O)N(C)C[C@@H](O)Cn2c3ccccc3c3ccccc32)cc1. The van der Waals surface area contributed by atoms with Crippen molar-refractivity contribution in [3.63, 3.8) is 0 Å². The molecule has 0 bridgehead atoms. The van der Waals surface area contributed by atoms with Gasteiger partial charge in [0.15, 0.2) is 0 Å². The van der Waals surface area contributed by atoms with Crippen LogP contribution in [-0.2, 0) is 21.4 Å². The molecule has 8 heteroatoms. The zero-order chi connectivity index (χ0) is 22.9. The summed E-state index contributed by atoms with van der Waals surface area (Å²) in [7, 11) is -2.34. The Balaban J connectivity index is 1.54. The number of aromatic nitrogens is 1. The lowest BCUT2D eigenvalue weighted by molar-refractivity contribution is -0.114. The van der Waals surface area contributed by atoms with Gasteiger partial charge in [0, 0.05) is 48.0 Å². The number of hydrogen-bond acceptors (Lipinski definition) is 4. The second-order valence-corrected chi connectivity index (χ2v) is 9.83. The summed E-state index contributed by atoms with van der Waals surface area (Å²) >= 11 is 0. The van der Waals surface area contributed by atoms with Gasteiger partial charge in [0.2, 0.25) is 15.9 Å². The molecule has 0 unspecified atom stereocenters. The van der Waals surface area contributed by atoms with Gasteiger partial charge in [-0.15, -0.1) is 0 Å². The fourth-order valence-electron chi connectivity index (χ4n) is 3.96. The summed E-state index contributed by atoms with van der Waals surface area (Å²) in [6.45, 7) is 1.59. The summed E-state index contributed by atoms with van der Waals surface area (Å²) < 4.78 is 29.1. The molecule has 7 nitrogen and oxygen atoms in total. The van der Waals surface area contributed by atoms with E-state index in [9.17, 15) is 18.3 Å². The Bertz CT molecular complexity index is 1320. The predicted octanol–water partition coefficient (Wildman–Crippen LogP) is 3.43. The maximum atomic E-state index is 12.9. The summed E-state index contributed by atoms with van der Waals surface area (Å²) in [5, 5.41) is 15.6. The third-order valence-corrected chi connectivity index (χ3v) is 7.26. The first-order valence-electron chi connectivity index (χ1n) is 10.3. The number of nitrogens with zero attached hydrogens (tertiary/aromatic N) is 2. The molecule has 0 spiro atoms. The Hall–Kier alpha value is -3.20. The molecule has 1 heterocycles. The molecule has 3 aromatic carbocycles. The van der Waals surface area contributed by atoms with Gasteiger partial charge >= 0.3 is 0 Å². The maximum absolute atomic E-state index is 12.9. The lowest BCUT2D eigenvalue weighted by atomic mass is 10.2. The summed E-state index contributed by atoms with van der Waals surface area (Å²) in [6.07, 6.45) is -0.910. The van der Waals surface area contributed by atoms with E-state index in [1.54, 1.807) is 0 Å². The van der Waals surface area contributed by atoms with E-state index in [2.05, 4.69) is 5.32 Å². The molecule has 0 radical (unpaired) electrons. The molecule has 4 rings (SSSR count). The number of amides is 1. The Labute approximate surface area is 186 Å². The van der Waals surface area contributed by atoms with E-state index >= 15 is 0 Å². The van der Waals surface area contributed by atoms with Crippen molar-refractivity contribution in [1.29, 1.82) is 0 Å². The smallest absolute Gasteiger partial charge is 0.242 e. The minimum Gasteiger partial charge on any atom is -0.390 e. The molecule has 0 aliphatic heterocycles. The van der Waals surface area contributed by atoms with Crippen LogP contribution < -0.4 is 5.32 Å². The van der Waals surface area contributed by atoms with Crippen molar-refractivity contribution in [1.82, 2.24) is 8.87 Å². The standard InChI is InChI=1S/C24H25N3O4S/c1-17(28)25-18-11-13-20(14-12-18)32(30,31)26(2)15-19(29)16-27-23-9-5-3-7-21(23)22-8-4-6-10-24(22)27/h3-14,19,29H,15-16H2,1-2H3,(H,25,28)/t19-/m1/s1. The quantitative estimate of drug-likeness (QED) is 0.450. The third kappa shape index (κ3) is 4.25. The van der Waals surface area contributed by atoms with E-state index in [1.165, 1.54) is 38.2 Å². The Morgan fingerprint density at radius 2 is 1.50 bits per heavy atom. The van der Waals surface area contributed by atoms with E-state index in [4.69, 9.17) is 0 Å². The van der Waals surface area contributed by atoms with Crippen molar-refractivity contribution >= 4 is 43.4 Å². The van der Waals surface area contributed by atoms with Crippen LogP contribution in [0.25, 0.3) is 21.8 Å². The summed E-state index contributed by atoms with van der Waals surface area (Å²) in [5.41, 5.74) is 2.50. The summed E-state index contributed by atoms with van der Waals surface area (Å²) in [6, 6.07) is 21.9. The van der Waals surface area contributed by atoms with Gasteiger partial charge in [0.05, 0.1) is 17.5 Å². The first-order valence-corrected chi connectivity index (χ1v) is 11.7. The molecule has 0 fully saturated rings. The maximum Gasteiger partial charge on any atom is 0.242 e. The van der Waals surface area contributed by atoms with Crippen LogP contribution in [0.1, 0.15) is 6.92 Å². The zero-order valence-corrected chi connectivity index (χ0v) is 18.7. The number of anilines is 1. The van der Waals surface area contributed by atoms with E-state index < -0.39 is 16.1 Å². The fraction of sp³-hybridized carbons (Fsp3) is 0.208. The highest BCUT2D eigenvalue weighted by Crippen LogP contribution is 2.29. The minimum absolute atomic E-state index is 0.0589. The second kappa shape index (κ2) is 8.74. The second-order valence-electron chi connectivity index (χ2n) is 7.79. The van der Waals surface area contributed by atoms with Crippen LogP contribution in [-0.4, -0.2) is 48.0 Å². The lowest BCUT2D eigenvalue weighted by Crippen LogP contribution is -2.36. The van der Waals surface area contributed by atoms with Crippen LogP contribution in [0.2, 0.25) is 0 Å². The molecule has 0 saturated heterocycles. The number of carbonyl (C=O) groups is 1. The molecule has 1 atom stereocenters. The predicted molar refractivity (Wildman–Crippen MR) is 126 cm³/mol. The van der Waals surface area contributed by atoms with Crippen LogP contribution in [0.15, 0.2) is 77.7 Å². The highest BCUT2D eigenvalue weighted by atomic mass is 32.2. The van der Waals surface area contributed by atoms with Crippen LogP contribution in [0, 0.1) is 0 Å². The number of sulfonamides is 1. The number of fused-ring (bicyclic) bond motifs is 3. The van der Waals surface area contributed by atoms with Gasteiger partial charge in [0.25, 0.3) is 0 Å². The number of aliphatic hydroxyl groups is 1. The molecule has 32 heavy (non-hydrogen) atoms. The largest absolute Gasteiger partial charge is 0.390 e. The normalized spacial score (nSPS) is 13.0.